The summed E-state index contributed by atoms with van der Waals surface area (Å²) in [6, 6.07) is 7.95. The van der Waals surface area contributed by atoms with Crippen LogP contribution in [0, 0.1) is 11.6 Å². The van der Waals surface area contributed by atoms with E-state index in [9.17, 15) is 8.78 Å². The van der Waals surface area contributed by atoms with E-state index in [2.05, 4.69) is 20.9 Å². The number of halogens is 3. The monoisotopic (exact) mass is 727 g/mol. The van der Waals surface area contributed by atoms with Crippen molar-refractivity contribution in [1.29, 1.82) is 0 Å². The maximum atomic E-state index is 13.7. The van der Waals surface area contributed by atoms with Crippen LogP contribution in [0.1, 0.15) is 94.2 Å². The standard InChI is InChI=1S/C14H17BFNO2.C12H24B2O4.C9H6BrF/c1-13(2)14(3,4)19-15(18-13)11-7-9(16)8-12-10(11)5-6-17-12;1-9(2)10(3,4)16-13(15-9)14-17-11(5,6)12(7,8)18-14;10-9-5-7(11)4-6-2-1-3-8(6)9/h5-8,17H,1-4H3;1-8H3;1,3-5H,2H2. The van der Waals surface area contributed by atoms with Crippen LogP contribution < -0.4 is 5.46 Å². The molecule has 4 heterocycles. The van der Waals surface area contributed by atoms with Crippen molar-refractivity contribution in [1.82, 2.24) is 4.98 Å². The summed E-state index contributed by atoms with van der Waals surface area (Å²) in [4.78, 5) is 3.01. The molecule has 48 heavy (non-hydrogen) atoms. The van der Waals surface area contributed by atoms with Gasteiger partial charge < -0.3 is 32.9 Å². The van der Waals surface area contributed by atoms with E-state index < -0.39 is 32.3 Å². The number of H-pyrrole nitrogens is 1. The molecule has 3 saturated heterocycles. The summed E-state index contributed by atoms with van der Waals surface area (Å²) in [5, 5.41) is 0.930. The maximum Gasteiger partial charge on any atom is 0.495 e. The highest BCUT2D eigenvalue weighted by molar-refractivity contribution is 9.10. The van der Waals surface area contributed by atoms with Crippen LogP contribution in [0.5, 0.6) is 0 Å². The van der Waals surface area contributed by atoms with Gasteiger partial charge in [-0.3, -0.25) is 0 Å². The maximum absolute atomic E-state index is 13.7. The Morgan fingerprint density at radius 2 is 1.10 bits per heavy atom. The molecule has 0 unspecified atom stereocenters. The fraction of sp³-hybridized carbons (Fsp3) is 0.543. The molecule has 0 atom stereocenters. The van der Waals surface area contributed by atoms with Crippen molar-refractivity contribution in [3.05, 3.63) is 69.8 Å². The second-order valence-electron chi connectivity index (χ2n) is 15.8. The van der Waals surface area contributed by atoms with Crippen LogP contribution in [-0.2, 0) is 34.3 Å². The van der Waals surface area contributed by atoms with E-state index in [1.165, 1.54) is 18.2 Å². The molecule has 1 aliphatic carbocycles. The minimum Gasteiger partial charge on any atom is -0.405 e. The summed E-state index contributed by atoms with van der Waals surface area (Å²) in [6.07, 6.45) is 6.69. The van der Waals surface area contributed by atoms with Crippen LogP contribution >= 0.6 is 15.9 Å². The third-order valence-electron chi connectivity index (χ3n) is 10.7. The van der Waals surface area contributed by atoms with Gasteiger partial charge in [0.15, 0.2) is 0 Å². The number of rotatable bonds is 2. The van der Waals surface area contributed by atoms with Crippen LogP contribution in [-0.4, -0.2) is 59.7 Å². The summed E-state index contributed by atoms with van der Waals surface area (Å²) in [5.41, 5.74) is 1.38. The summed E-state index contributed by atoms with van der Waals surface area (Å²) in [7, 11) is -1.49. The number of hydrogen-bond acceptors (Lipinski definition) is 6. The van der Waals surface area contributed by atoms with E-state index >= 15 is 0 Å². The Labute approximate surface area is 293 Å². The van der Waals surface area contributed by atoms with E-state index in [4.69, 9.17) is 27.9 Å². The fourth-order valence-electron chi connectivity index (χ4n) is 5.62. The van der Waals surface area contributed by atoms with Crippen molar-refractivity contribution < 1.29 is 36.7 Å². The number of nitrogens with one attached hydrogen (secondary N) is 1. The minimum absolute atomic E-state index is 0.167. The van der Waals surface area contributed by atoms with E-state index in [0.29, 0.717) is 0 Å². The molecule has 0 bridgehead atoms. The van der Waals surface area contributed by atoms with Crippen LogP contribution in [0.4, 0.5) is 8.78 Å². The lowest BCUT2D eigenvalue weighted by Gasteiger charge is -2.32. The number of aromatic nitrogens is 1. The van der Waals surface area contributed by atoms with Gasteiger partial charge in [0.2, 0.25) is 0 Å². The van der Waals surface area contributed by atoms with Crippen LogP contribution in [0.2, 0.25) is 0 Å². The Kier molecular flexibility index (Phi) is 9.83. The second kappa shape index (κ2) is 12.7. The average Bonchev–Trinajstić information content (AvgIpc) is 3.71. The zero-order valence-electron chi connectivity index (χ0n) is 30.1. The van der Waals surface area contributed by atoms with Crippen LogP contribution in [0.15, 0.2) is 47.1 Å². The van der Waals surface area contributed by atoms with Gasteiger partial charge in [0.05, 0.1) is 33.6 Å². The molecule has 3 aromatic rings. The quantitative estimate of drug-likeness (QED) is 0.270. The number of fused-ring (bicyclic) bond motifs is 2. The van der Waals surface area contributed by atoms with Crippen molar-refractivity contribution in [2.45, 2.75) is 123 Å². The molecule has 13 heteroatoms. The molecule has 1 aromatic heterocycles. The van der Waals surface area contributed by atoms with Gasteiger partial charge in [-0.25, -0.2) is 8.78 Å². The molecular formula is C35H47B3BrF2NO6. The number of benzene rings is 2. The lowest BCUT2D eigenvalue weighted by Crippen LogP contribution is -2.41. The molecule has 1 N–H and O–H groups in total. The van der Waals surface area contributed by atoms with Crippen molar-refractivity contribution in [2.24, 2.45) is 0 Å². The Balaban J connectivity index is 0.000000146. The first-order valence-electron chi connectivity index (χ1n) is 16.4. The van der Waals surface area contributed by atoms with Gasteiger partial charge in [-0.05, 0) is 142 Å². The first kappa shape index (κ1) is 37.3. The van der Waals surface area contributed by atoms with Crippen LogP contribution in [0.25, 0.3) is 17.0 Å². The Hall–Kier alpha value is -1.99. The third-order valence-corrected chi connectivity index (χ3v) is 11.4. The molecule has 258 valence electrons. The highest BCUT2D eigenvalue weighted by Crippen LogP contribution is 2.43. The number of aromatic amines is 1. The molecule has 3 fully saturated rings. The van der Waals surface area contributed by atoms with Gasteiger partial charge in [0.1, 0.15) is 11.6 Å². The topological polar surface area (TPSA) is 71.2 Å². The molecule has 7 nitrogen and oxygen atoms in total. The molecule has 0 radical (unpaired) electrons. The van der Waals surface area contributed by atoms with Gasteiger partial charge in [-0.15, -0.1) is 0 Å². The Morgan fingerprint density at radius 3 is 1.60 bits per heavy atom. The lowest BCUT2D eigenvalue weighted by atomic mass is 9.49. The molecule has 0 saturated carbocycles. The Bertz CT molecular complexity index is 1620. The normalized spacial score (nSPS) is 23.5. The third kappa shape index (κ3) is 7.11. The second-order valence-corrected chi connectivity index (χ2v) is 16.7. The van der Waals surface area contributed by atoms with E-state index in [0.717, 1.165) is 38.4 Å². The lowest BCUT2D eigenvalue weighted by molar-refractivity contribution is 0.00578. The summed E-state index contributed by atoms with van der Waals surface area (Å²) >= 11 is 3.31. The van der Waals surface area contributed by atoms with Gasteiger partial charge in [-0.1, -0.05) is 28.1 Å². The predicted octanol–water partition coefficient (Wildman–Crippen LogP) is 8.01. The molecule has 4 aliphatic rings. The molecule has 7 rings (SSSR count). The molecule has 2 aromatic carbocycles. The van der Waals surface area contributed by atoms with Crippen molar-refractivity contribution in [2.75, 3.05) is 0 Å². The SMILES string of the molecule is CC1(C)OB(B2OC(C)(C)C(C)(C)O2)OC1(C)C.CC1(C)OB(c2cc(F)cc3[nH]ccc23)OC1(C)C.Fc1cc(Br)c2c(c1)CC=C2. The van der Waals surface area contributed by atoms with Gasteiger partial charge in [0.25, 0.3) is 0 Å². The summed E-state index contributed by atoms with van der Waals surface area (Å²) in [6.45, 7) is 24.2. The Morgan fingerprint density at radius 1 is 0.646 bits per heavy atom. The van der Waals surface area contributed by atoms with Crippen molar-refractivity contribution >= 4 is 59.5 Å². The summed E-state index contributed by atoms with van der Waals surface area (Å²) < 4.78 is 63.1. The molecular weight excluding hydrogens is 681 g/mol. The zero-order chi connectivity index (χ0) is 35.7. The minimum atomic E-state index is -0.543. The molecule has 3 aliphatic heterocycles. The number of hydrogen-bond donors (Lipinski definition) is 1. The van der Waals surface area contributed by atoms with Crippen LogP contribution in [0.3, 0.4) is 0 Å². The smallest absolute Gasteiger partial charge is 0.405 e. The average molecular weight is 728 g/mol. The highest BCUT2D eigenvalue weighted by Gasteiger charge is 2.63. The largest absolute Gasteiger partial charge is 0.495 e. The van der Waals surface area contributed by atoms with Crippen molar-refractivity contribution in [3.63, 3.8) is 0 Å². The predicted molar refractivity (Wildman–Crippen MR) is 193 cm³/mol. The fourth-order valence-corrected chi connectivity index (χ4v) is 6.23. The number of allylic oxidation sites excluding steroid dienone is 1. The first-order chi connectivity index (χ1) is 22.0. The first-order valence-corrected chi connectivity index (χ1v) is 17.2. The van der Waals surface area contributed by atoms with E-state index in [1.54, 1.807) is 12.3 Å². The highest BCUT2D eigenvalue weighted by atomic mass is 79.9. The zero-order valence-corrected chi connectivity index (χ0v) is 31.7. The van der Waals surface area contributed by atoms with Gasteiger partial charge in [-0.2, -0.15) is 0 Å². The molecule has 0 spiro atoms. The van der Waals surface area contributed by atoms with E-state index in [-0.39, 0.29) is 34.0 Å². The van der Waals surface area contributed by atoms with Gasteiger partial charge in [0, 0.05) is 16.2 Å². The summed E-state index contributed by atoms with van der Waals surface area (Å²) in [5.74, 6) is -0.459. The molecule has 0 amide bonds. The van der Waals surface area contributed by atoms with E-state index in [1.807, 2.05) is 101 Å². The van der Waals surface area contributed by atoms with Gasteiger partial charge >= 0.3 is 21.1 Å². The van der Waals surface area contributed by atoms with Crippen molar-refractivity contribution in [3.8, 4) is 0 Å².